The van der Waals surface area contributed by atoms with Crippen molar-refractivity contribution in [2.24, 2.45) is 5.92 Å². The molecule has 4 rings (SSSR count). The van der Waals surface area contributed by atoms with Crippen molar-refractivity contribution in [3.63, 3.8) is 0 Å². The van der Waals surface area contributed by atoms with Gasteiger partial charge in [-0.2, -0.15) is 0 Å². The molecule has 27 heavy (non-hydrogen) atoms. The molecule has 2 aromatic rings. The standard InChI is InChI=1S/C20H24N4O3/c25-19(16-13-21-23-18(16)14-5-2-1-3-6-14)22-15-8-10-24(11-9-15)20(26)17-7-4-12-27-17/h1-7,12,15-16,18,21,23H,8-11,13H2,(H,22,25). The first-order chi connectivity index (χ1) is 13.2. The number of hydrazine groups is 1. The fourth-order valence-corrected chi connectivity index (χ4v) is 3.81. The highest BCUT2D eigenvalue weighted by molar-refractivity contribution is 5.91. The molecular weight excluding hydrogens is 344 g/mol. The number of piperidine rings is 1. The van der Waals surface area contributed by atoms with Crippen LogP contribution in [0.4, 0.5) is 0 Å². The molecule has 2 unspecified atom stereocenters. The highest BCUT2D eigenvalue weighted by Gasteiger charge is 2.35. The van der Waals surface area contributed by atoms with Crippen LogP contribution in [0.15, 0.2) is 53.1 Å². The molecule has 0 bridgehead atoms. The average molecular weight is 368 g/mol. The van der Waals surface area contributed by atoms with E-state index >= 15 is 0 Å². The van der Waals surface area contributed by atoms with E-state index in [4.69, 9.17) is 4.42 Å². The molecule has 2 atom stereocenters. The molecule has 0 radical (unpaired) electrons. The number of carbonyl (C=O) groups excluding carboxylic acids is 2. The Morgan fingerprint density at radius 2 is 1.85 bits per heavy atom. The van der Waals surface area contributed by atoms with Gasteiger partial charge in [0.05, 0.1) is 18.2 Å². The Morgan fingerprint density at radius 3 is 2.56 bits per heavy atom. The molecule has 3 N–H and O–H groups in total. The van der Waals surface area contributed by atoms with E-state index in [0.29, 0.717) is 25.4 Å². The first-order valence-corrected chi connectivity index (χ1v) is 9.39. The largest absolute Gasteiger partial charge is 0.459 e. The summed E-state index contributed by atoms with van der Waals surface area (Å²) in [7, 11) is 0. The molecule has 2 fully saturated rings. The van der Waals surface area contributed by atoms with Crippen LogP contribution in [-0.2, 0) is 4.79 Å². The van der Waals surface area contributed by atoms with Crippen molar-refractivity contribution in [3.05, 3.63) is 60.1 Å². The monoisotopic (exact) mass is 368 g/mol. The number of furan rings is 1. The number of carbonyl (C=O) groups is 2. The van der Waals surface area contributed by atoms with E-state index in [1.54, 1.807) is 17.0 Å². The summed E-state index contributed by atoms with van der Waals surface area (Å²) in [6.45, 7) is 1.84. The SMILES string of the molecule is O=C(NC1CCN(C(=O)c2ccco2)CC1)C1CNNC1c1ccccc1. The van der Waals surface area contributed by atoms with Gasteiger partial charge in [0.25, 0.3) is 5.91 Å². The molecule has 0 aliphatic carbocycles. The summed E-state index contributed by atoms with van der Waals surface area (Å²) < 4.78 is 5.19. The number of hydrogen-bond acceptors (Lipinski definition) is 5. The minimum absolute atomic E-state index is 0.0354. The Hall–Kier alpha value is -2.64. The fraction of sp³-hybridized carbons (Fsp3) is 0.400. The van der Waals surface area contributed by atoms with Gasteiger partial charge in [-0.3, -0.25) is 15.0 Å². The summed E-state index contributed by atoms with van der Waals surface area (Å²) in [5.74, 6) is 0.178. The normalized spacial score (nSPS) is 23.3. The predicted molar refractivity (Wildman–Crippen MR) is 99.6 cm³/mol. The minimum atomic E-state index is -0.157. The van der Waals surface area contributed by atoms with E-state index < -0.39 is 0 Å². The van der Waals surface area contributed by atoms with Crippen molar-refractivity contribution in [1.29, 1.82) is 0 Å². The van der Waals surface area contributed by atoms with Gasteiger partial charge in [-0.1, -0.05) is 30.3 Å². The molecule has 1 aromatic carbocycles. The lowest BCUT2D eigenvalue weighted by Gasteiger charge is -2.32. The van der Waals surface area contributed by atoms with Crippen LogP contribution in [0.25, 0.3) is 0 Å². The number of nitrogens with zero attached hydrogens (tertiary/aromatic N) is 1. The molecule has 0 spiro atoms. The van der Waals surface area contributed by atoms with Gasteiger partial charge in [-0.05, 0) is 30.5 Å². The summed E-state index contributed by atoms with van der Waals surface area (Å²) in [4.78, 5) is 26.9. The predicted octanol–water partition coefficient (Wildman–Crippen LogP) is 1.47. The van der Waals surface area contributed by atoms with Crippen LogP contribution in [0.1, 0.15) is 35.0 Å². The fourth-order valence-electron chi connectivity index (χ4n) is 3.81. The topological polar surface area (TPSA) is 86.6 Å². The molecule has 3 heterocycles. The maximum atomic E-state index is 12.8. The van der Waals surface area contributed by atoms with Gasteiger partial charge in [-0.15, -0.1) is 0 Å². The Morgan fingerprint density at radius 1 is 1.07 bits per heavy atom. The van der Waals surface area contributed by atoms with Crippen LogP contribution >= 0.6 is 0 Å². The minimum Gasteiger partial charge on any atom is -0.459 e. The van der Waals surface area contributed by atoms with Crippen molar-refractivity contribution in [2.45, 2.75) is 24.9 Å². The highest BCUT2D eigenvalue weighted by atomic mass is 16.3. The second kappa shape index (κ2) is 7.94. The summed E-state index contributed by atoms with van der Waals surface area (Å²) in [5, 5.41) is 3.17. The van der Waals surface area contributed by atoms with Crippen molar-refractivity contribution >= 4 is 11.8 Å². The average Bonchev–Trinajstić information content (AvgIpc) is 3.41. The molecule has 2 aliphatic rings. The van der Waals surface area contributed by atoms with Gasteiger partial charge in [0, 0.05) is 25.7 Å². The van der Waals surface area contributed by atoms with Crippen molar-refractivity contribution in [1.82, 2.24) is 21.1 Å². The third kappa shape index (κ3) is 3.89. The molecule has 7 nitrogen and oxygen atoms in total. The lowest BCUT2D eigenvalue weighted by Crippen LogP contribution is -2.48. The van der Waals surface area contributed by atoms with Crippen LogP contribution in [-0.4, -0.2) is 42.4 Å². The second-order valence-corrected chi connectivity index (χ2v) is 7.07. The summed E-state index contributed by atoms with van der Waals surface area (Å²) in [6.07, 6.45) is 3.01. The van der Waals surface area contributed by atoms with Crippen LogP contribution < -0.4 is 16.2 Å². The Kier molecular flexibility index (Phi) is 5.22. The molecule has 1 aromatic heterocycles. The second-order valence-electron chi connectivity index (χ2n) is 7.07. The third-order valence-corrected chi connectivity index (χ3v) is 5.34. The molecule has 2 aliphatic heterocycles. The van der Waals surface area contributed by atoms with Crippen molar-refractivity contribution in [2.75, 3.05) is 19.6 Å². The van der Waals surface area contributed by atoms with E-state index in [1.807, 2.05) is 30.3 Å². The van der Waals surface area contributed by atoms with Crippen LogP contribution in [0.5, 0.6) is 0 Å². The van der Waals surface area contributed by atoms with Gasteiger partial charge >= 0.3 is 0 Å². The smallest absolute Gasteiger partial charge is 0.289 e. The van der Waals surface area contributed by atoms with Gasteiger partial charge < -0.3 is 14.6 Å². The van der Waals surface area contributed by atoms with Crippen molar-refractivity contribution < 1.29 is 14.0 Å². The molecule has 2 saturated heterocycles. The lowest BCUT2D eigenvalue weighted by molar-refractivity contribution is -0.125. The maximum absolute atomic E-state index is 12.8. The zero-order valence-electron chi connectivity index (χ0n) is 15.1. The van der Waals surface area contributed by atoms with E-state index in [2.05, 4.69) is 16.2 Å². The summed E-state index contributed by atoms with van der Waals surface area (Å²) in [5.41, 5.74) is 7.41. The zero-order chi connectivity index (χ0) is 18.6. The van der Waals surface area contributed by atoms with Crippen LogP contribution in [0.2, 0.25) is 0 Å². The molecule has 2 amide bonds. The zero-order valence-corrected chi connectivity index (χ0v) is 15.1. The van der Waals surface area contributed by atoms with Gasteiger partial charge in [-0.25, -0.2) is 5.43 Å². The molecule has 142 valence electrons. The molecule has 0 saturated carbocycles. The molecule has 7 heteroatoms. The first kappa shape index (κ1) is 17.8. The highest BCUT2D eigenvalue weighted by Crippen LogP contribution is 2.25. The van der Waals surface area contributed by atoms with E-state index in [9.17, 15) is 9.59 Å². The Bertz CT molecular complexity index is 770. The number of nitrogens with one attached hydrogen (secondary N) is 3. The number of rotatable bonds is 4. The maximum Gasteiger partial charge on any atom is 0.289 e. The lowest BCUT2D eigenvalue weighted by atomic mass is 9.93. The molecular formula is C20H24N4O3. The van der Waals surface area contributed by atoms with Gasteiger partial charge in [0.1, 0.15) is 0 Å². The van der Waals surface area contributed by atoms with Crippen molar-refractivity contribution in [3.8, 4) is 0 Å². The van der Waals surface area contributed by atoms with Gasteiger partial charge in [0.15, 0.2) is 5.76 Å². The van der Waals surface area contributed by atoms with E-state index in [-0.39, 0.29) is 29.8 Å². The number of likely N-dealkylation sites (tertiary alicyclic amines) is 1. The summed E-state index contributed by atoms with van der Waals surface area (Å²) >= 11 is 0. The first-order valence-electron chi connectivity index (χ1n) is 9.39. The Balaban J connectivity index is 1.31. The van der Waals surface area contributed by atoms with Crippen LogP contribution in [0.3, 0.4) is 0 Å². The van der Waals surface area contributed by atoms with E-state index in [1.165, 1.54) is 6.26 Å². The third-order valence-electron chi connectivity index (χ3n) is 5.34. The van der Waals surface area contributed by atoms with Crippen LogP contribution in [0, 0.1) is 5.92 Å². The Labute approximate surface area is 158 Å². The number of amides is 2. The quantitative estimate of drug-likeness (QED) is 0.761. The number of hydrogen-bond donors (Lipinski definition) is 3. The van der Waals surface area contributed by atoms with E-state index in [0.717, 1.165) is 18.4 Å². The number of benzene rings is 1. The van der Waals surface area contributed by atoms with Gasteiger partial charge in [0.2, 0.25) is 5.91 Å². The summed E-state index contributed by atoms with van der Waals surface area (Å²) in [6, 6.07) is 13.5.